The van der Waals surface area contributed by atoms with Crippen molar-refractivity contribution >= 4 is 87.2 Å². The van der Waals surface area contributed by atoms with E-state index < -0.39 is 0 Å². The van der Waals surface area contributed by atoms with Gasteiger partial charge in [0.1, 0.15) is 22.3 Å². The Morgan fingerprint density at radius 3 is 1.68 bits per heavy atom. The number of aromatic nitrogens is 4. The fourth-order valence-corrected chi connectivity index (χ4v) is 9.17. The minimum atomic E-state index is 0.498. The second kappa shape index (κ2) is 12.2. The highest BCUT2D eigenvalue weighted by Gasteiger charge is 2.26. The van der Waals surface area contributed by atoms with Gasteiger partial charge in [-0.2, -0.15) is 0 Å². The molecule has 0 amide bonds. The SMILES string of the molecule is c1ccc2cc3c(cc2c1)c1ccccc1n3-c1ccc2c(oc3ccccc32)c1-c1nc(-c2cccc3ccccc23)nc(-c2cccc3c2oc2ccccc23)n1. The second-order valence-corrected chi connectivity index (χ2v) is 15.1. The summed E-state index contributed by atoms with van der Waals surface area (Å²) >= 11 is 0. The molecule has 4 heterocycles. The molecule has 9 aromatic carbocycles. The summed E-state index contributed by atoms with van der Waals surface area (Å²) < 4.78 is 15.9. The monoisotopic (exact) mass is 754 g/mol. The second-order valence-electron chi connectivity index (χ2n) is 15.1. The Hall–Kier alpha value is -8.09. The van der Waals surface area contributed by atoms with Gasteiger partial charge < -0.3 is 13.4 Å². The fourth-order valence-electron chi connectivity index (χ4n) is 9.17. The van der Waals surface area contributed by atoms with E-state index in [0.29, 0.717) is 23.1 Å². The zero-order chi connectivity index (χ0) is 38.6. The Morgan fingerprint density at radius 2 is 0.881 bits per heavy atom. The average molecular weight is 755 g/mol. The van der Waals surface area contributed by atoms with E-state index in [1.54, 1.807) is 0 Å². The molecular weight excluding hydrogens is 725 g/mol. The van der Waals surface area contributed by atoms with Crippen molar-refractivity contribution in [1.82, 2.24) is 19.5 Å². The molecule has 13 rings (SSSR count). The van der Waals surface area contributed by atoms with Crippen LogP contribution in [0.15, 0.2) is 191 Å². The Bertz CT molecular complexity index is 3870. The third-order valence-corrected chi connectivity index (χ3v) is 11.8. The van der Waals surface area contributed by atoms with Gasteiger partial charge in [0.2, 0.25) is 0 Å². The van der Waals surface area contributed by atoms with Crippen molar-refractivity contribution < 1.29 is 8.83 Å². The van der Waals surface area contributed by atoms with E-state index in [4.69, 9.17) is 23.8 Å². The maximum atomic E-state index is 6.91. The average Bonchev–Trinajstić information content (AvgIpc) is 3.97. The maximum Gasteiger partial charge on any atom is 0.170 e. The first kappa shape index (κ1) is 32.0. The van der Waals surface area contributed by atoms with Gasteiger partial charge in [0, 0.05) is 37.9 Å². The minimum absolute atomic E-state index is 0.498. The molecular formula is C53H30N4O2. The first-order valence-corrected chi connectivity index (χ1v) is 19.8. The summed E-state index contributed by atoms with van der Waals surface area (Å²) in [6.45, 7) is 0. The normalized spacial score (nSPS) is 12.1. The summed E-state index contributed by atoms with van der Waals surface area (Å²) in [5, 5.41) is 10.9. The number of benzene rings is 9. The molecule has 0 aliphatic heterocycles. The summed E-state index contributed by atoms with van der Waals surface area (Å²) in [5.41, 5.74) is 8.57. The highest BCUT2D eigenvalue weighted by Crippen LogP contribution is 2.44. The van der Waals surface area contributed by atoms with Gasteiger partial charge in [0.15, 0.2) is 17.5 Å². The molecule has 0 radical (unpaired) electrons. The van der Waals surface area contributed by atoms with Crippen LogP contribution in [0.3, 0.4) is 0 Å². The lowest BCUT2D eigenvalue weighted by atomic mass is 10.0. The van der Waals surface area contributed by atoms with E-state index in [1.165, 1.54) is 10.8 Å². The molecule has 0 saturated heterocycles. The van der Waals surface area contributed by atoms with E-state index in [1.807, 2.05) is 36.4 Å². The summed E-state index contributed by atoms with van der Waals surface area (Å²) in [4.78, 5) is 16.2. The number of fused-ring (bicyclic) bond motifs is 11. The number of nitrogens with zero attached hydrogens (tertiary/aromatic N) is 4. The van der Waals surface area contributed by atoms with Gasteiger partial charge in [-0.3, -0.25) is 0 Å². The van der Waals surface area contributed by atoms with E-state index in [-0.39, 0.29) is 0 Å². The van der Waals surface area contributed by atoms with Gasteiger partial charge >= 0.3 is 0 Å². The molecule has 6 nitrogen and oxygen atoms in total. The molecule has 0 aliphatic carbocycles. The van der Waals surface area contributed by atoms with Crippen LogP contribution in [0.4, 0.5) is 0 Å². The third-order valence-electron chi connectivity index (χ3n) is 11.8. The standard InChI is InChI=1S/C53H30N4O2/c1-2-15-33-30-45-42(29-32(33)14-1)35-18-5-8-24-43(35)57(45)44-28-27-39-37-20-7-10-26-47(37)59-50(39)48(44)53-55-51(40-22-11-16-31-13-3-4-17-34(31)40)54-52(56-53)41-23-12-21-38-36-19-6-9-25-46(36)58-49(38)41/h1-30H. The number of rotatable bonds is 4. The van der Waals surface area contributed by atoms with Crippen LogP contribution in [0.2, 0.25) is 0 Å². The quantitative estimate of drug-likeness (QED) is 0.179. The Balaban J connectivity index is 1.19. The van der Waals surface area contributed by atoms with Crippen LogP contribution in [-0.2, 0) is 0 Å². The van der Waals surface area contributed by atoms with Crippen LogP contribution in [0.5, 0.6) is 0 Å². The zero-order valence-corrected chi connectivity index (χ0v) is 31.4. The number of furan rings is 2. The van der Waals surface area contributed by atoms with Gasteiger partial charge in [-0.1, -0.05) is 133 Å². The topological polar surface area (TPSA) is 69.9 Å². The van der Waals surface area contributed by atoms with Crippen molar-refractivity contribution in [3.63, 3.8) is 0 Å². The minimum Gasteiger partial charge on any atom is -0.455 e. The predicted molar refractivity (Wildman–Crippen MR) is 240 cm³/mol. The molecule has 0 unspecified atom stereocenters. The lowest BCUT2D eigenvalue weighted by Crippen LogP contribution is -2.04. The lowest BCUT2D eigenvalue weighted by Gasteiger charge is -2.16. The van der Waals surface area contributed by atoms with Crippen LogP contribution < -0.4 is 0 Å². The molecule has 0 aliphatic rings. The van der Waals surface area contributed by atoms with Crippen molar-refractivity contribution in [1.29, 1.82) is 0 Å². The smallest absolute Gasteiger partial charge is 0.170 e. The molecule has 0 saturated carbocycles. The summed E-state index contributed by atoms with van der Waals surface area (Å²) in [7, 11) is 0. The lowest BCUT2D eigenvalue weighted by molar-refractivity contribution is 0.669. The van der Waals surface area contributed by atoms with Crippen LogP contribution in [0.25, 0.3) is 127 Å². The summed E-state index contributed by atoms with van der Waals surface area (Å²) in [6.07, 6.45) is 0. The van der Waals surface area contributed by atoms with E-state index in [0.717, 1.165) is 93.2 Å². The van der Waals surface area contributed by atoms with Crippen molar-refractivity contribution in [2.45, 2.75) is 0 Å². The summed E-state index contributed by atoms with van der Waals surface area (Å²) in [5.74, 6) is 1.56. The molecule has 0 bridgehead atoms. The first-order valence-electron chi connectivity index (χ1n) is 19.8. The molecule has 4 aromatic heterocycles. The fraction of sp³-hybridized carbons (Fsp3) is 0. The Kier molecular flexibility index (Phi) is 6.63. The van der Waals surface area contributed by atoms with Crippen LogP contribution in [0, 0.1) is 0 Å². The van der Waals surface area contributed by atoms with Gasteiger partial charge in [0.25, 0.3) is 0 Å². The largest absolute Gasteiger partial charge is 0.455 e. The van der Waals surface area contributed by atoms with E-state index in [9.17, 15) is 0 Å². The number of hydrogen-bond acceptors (Lipinski definition) is 5. The molecule has 0 spiro atoms. The van der Waals surface area contributed by atoms with Crippen molar-refractivity contribution in [3.8, 4) is 39.9 Å². The highest BCUT2D eigenvalue weighted by molar-refractivity contribution is 6.16. The Labute approximate surface area is 336 Å². The predicted octanol–water partition coefficient (Wildman–Crippen LogP) is 14.1. The molecule has 274 valence electrons. The van der Waals surface area contributed by atoms with Gasteiger partial charge in [0.05, 0.1) is 27.8 Å². The van der Waals surface area contributed by atoms with Crippen molar-refractivity contribution in [2.75, 3.05) is 0 Å². The molecule has 6 heteroatoms. The molecule has 0 fully saturated rings. The zero-order valence-electron chi connectivity index (χ0n) is 31.4. The van der Waals surface area contributed by atoms with Crippen LogP contribution in [0.1, 0.15) is 0 Å². The molecule has 0 atom stereocenters. The maximum absolute atomic E-state index is 6.91. The van der Waals surface area contributed by atoms with Crippen molar-refractivity contribution in [2.24, 2.45) is 0 Å². The van der Waals surface area contributed by atoms with Crippen LogP contribution >= 0.6 is 0 Å². The van der Waals surface area contributed by atoms with Crippen molar-refractivity contribution in [3.05, 3.63) is 182 Å². The number of hydrogen-bond donors (Lipinski definition) is 0. The third kappa shape index (κ3) is 4.71. The van der Waals surface area contributed by atoms with Gasteiger partial charge in [-0.25, -0.2) is 15.0 Å². The van der Waals surface area contributed by atoms with E-state index >= 15 is 0 Å². The number of para-hydroxylation sites is 4. The van der Waals surface area contributed by atoms with Gasteiger partial charge in [-0.15, -0.1) is 0 Å². The highest BCUT2D eigenvalue weighted by atomic mass is 16.3. The van der Waals surface area contributed by atoms with Gasteiger partial charge in [-0.05, 0) is 70.1 Å². The Morgan fingerprint density at radius 1 is 0.339 bits per heavy atom. The molecule has 0 N–H and O–H groups in total. The first-order chi connectivity index (χ1) is 29.2. The molecule has 59 heavy (non-hydrogen) atoms. The van der Waals surface area contributed by atoms with Crippen LogP contribution in [-0.4, -0.2) is 19.5 Å². The van der Waals surface area contributed by atoms with E-state index in [2.05, 4.69) is 150 Å². The summed E-state index contributed by atoms with van der Waals surface area (Å²) in [6, 6.07) is 63.3. The molecule has 13 aromatic rings.